The minimum atomic E-state index is -3.32. The predicted octanol–water partition coefficient (Wildman–Crippen LogP) is 0.939. The van der Waals surface area contributed by atoms with E-state index in [-0.39, 0.29) is 10.8 Å². The van der Waals surface area contributed by atoms with Crippen LogP contribution in [0, 0.1) is 6.92 Å². The summed E-state index contributed by atoms with van der Waals surface area (Å²) in [6.45, 7) is 5.96. The van der Waals surface area contributed by atoms with Gasteiger partial charge in [-0.05, 0) is 24.6 Å². The van der Waals surface area contributed by atoms with Gasteiger partial charge >= 0.3 is 0 Å². The lowest BCUT2D eigenvalue weighted by Gasteiger charge is -2.32. The molecule has 1 aliphatic heterocycles. The average molecular weight is 373 g/mol. The van der Waals surface area contributed by atoms with E-state index in [1.807, 2.05) is 30.0 Å². The van der Waals surface area contributed by atoms with Gasteiger partial charge in [-0.1, -0.05) is 36.4 Å². The van der Waals surface area contributed by atoms with E-state index in [1.54, 1.807) is 12.1 Å². The third kappa shape index (κ3) is 4.31. The Bertz CT molecular complexity index is 887. The first kappa shape index (κ1) is 18.6. The Morgan fingerprint density at radius 1 is 1.08 bits per heavy atom. The Balaban J connectivity index is 1.67. The van der Waals surface area contributed by atoms with Gasteiger partial charge in [0.2, 0.25) is 0 Å². The summed E-state index contributed by atoms with van der Waals surface area (Å²) in [5, 5.41) is 0. The summed E-state index contributed by atoms with van der Waals surface area (Å²) in [5.74, 6) is -0.0771. The lowest BCUT2D eigenvalue weighted by atomic mass is 10.1. The van der Waals surface area contributed by atoms with Gasteiger partial charge in [0.25, 0.3) is 5.91 Å². The zero-order chi connectivity index (χ0) is 18.7. The monoisotopic (exact) mass is 373 g/mol. The molecule has 1 N–H and O–H groups in total. The molecule has 1 fully saturated rings. The number of aryl methyl sites for hydroxylation is 1. The maximum atomic E-state index is 12.9. The number of benzene rings is 2. The Hall–Kier alpha value is -2.18. The molecule has 3 rings (SSSR count). The fourth-order valence-corrected chi connectivity index (χ4v) is 3.97. The first-order chi connectivity index (χ1) is 12.3. The highest BCUT2D eigenvalue weighted by molar-refractivity contribution is 7.90. The van der Waals surface area contributed by atoms with E-state index < -0.39 is 9.84 Å². The number of amides is 1. The van der Waals surface area contributed by atoms with Gasteiger partial charge in [-0.2, -0.15) is 0 Å². The van der Waals surface area contributed by atoms with Crippen LogP contribution < -0.4 is 4.90 Å². The maximum absolute atomic E-state index is 12.9. The van der Waals surface area contributed by atoms with Crippen LogP contribution in [0.15, 0.2) is 53.4 Å². The van der Waals surface area contributed by atoms with E-state index >= 15 is 0 Å². The van der Waals surface area contributed by atoms with Crippen LogP contribution in [0.1, 0.15) is 21.5 Å². The predicted molar refractivity (Wildman–Crippen MR) is 101 cm³/mol. The second kappa shape index (κ2) is 7.60. The van der Waals surface area contributed by atoms with Crippen molar-refractivity contribution in [3.05, 3.63) is 65.2 Å². The number of quaternary nitrogens is 1. The highest BCUT2D eigenvalue weighted by atomic mass is 32.2. The zero-order valence-corrected chi connectivity index (χ0v) is 16.1. The first-order valence-electron chi connectivity index (χ1n) is 8.82. The number of rotatable bonds is 4. The number of hydrogen-bond acceptors (Lipinski definition) is 3. The molecule has 0 unspecified atom stereocenters. The van der Waals surface area contributed by atoms with Crippen molar-refractivity contribution in [3.8, 4) is 0 Å². The van der Waals surface area contributed by atoms with Crippen molar-refractivity contribution < 1.29 is 18.1 Å². The highest BCUT2D eigenvalue weighted by Gasteiger charge is 2.26. The number of nitrogens with one attached hydrogen (secondary N) is 1. The summed E-state index contributed by atoms with van der Waals surface area (Å²) in [5.41, 5.74) is 2.60. The van der Waals surface area contributed by atoms with Crippen molar-refractivity contribution in [1.29, 1.82) is 0 Å². The lowest BCUT2D eigenvalue weighted by molar-refractivity contribution is -0.917. The van der Waals surface area contributed by atoms with E-state index in [4.69, 9.17) is 0 Å². The van der Waals surface area contributed by atoms with Crippen molar-refractivity contribution in [2.75, 3.05) is 32.4 Å². The molecule has 6 heteroatoms. The van der Waals surface area contributed by atoms with Crippen LogP contribution in [0.4, 0.5) is 0 Å². The van der Waals surface area contributed by atoms with Crippen molar-refractivity contribution in [2.45, 2.75) is 18.4 Å². The SMILES string of the molecule is Cc1ccc(S(C)(=O)=O)cc1C(=O)N1CC[NH+](Cc2ccccc2)CC1. The third-order valence-corrected chi connectivity index (χ3v) is 6.03. The summed E-state index contributed by atoms with van der Waals surface area (Å²) >= 11 is 0. The zero-order valence-electron chi connectivity index (χ0n) is 15.2. The van der Waals surface area contributed by atoms with Crippen LogP contribution in [0.25, 0.3) is 0 Å². The van der Waals surface area contributed by atoms with Gasteiger partial charge in [-0.3, -0.25) is 4.79 Å². The van der Waals surface area contributed by atoms with Crippen molar-refractivity contribution in [1.82, 2.24) is 4.90 Å². The topological polar surface area (TPSA) is 58.9 Å². The van der Waals surface area contributed by atoms with E-state index in [0.29, 0.717) is 18.7 Å². The quantitative estimate of drug-likeness (QED) is 0.868. The van der Waals surface area contributed by atoms with Gasteiger partial charge in [-0.15, -0.1) is 0 Å². The molecule has 2 aromatic carbocycles. The molecule has 0 saturated carbocycles. The Morgan fingerprint density at radius 3 is 2.35 bits per heavy atom. The number of nitrogens with zero attached hydrogens (tertiary/aromatic N) is 1. The van der Waals surface area contributed by atoms with Crippen molar-refractivity contribution >= 4 is 15.7 Å². The van der Waals surface area contributed by atoms with Gasteiger partial charge in [0.1, 0.15) is 6.54 Å². The largest absolute Gasteiger partial charge is 0.328 e. The number of piperazine rings is 1. The number of carbonyl (C=O) groups is 1. The standard InChI is InChI=1S/C20H24N2O3S/c1-16-8-9-18(26(2,24)25)14-19(16)20(23)22-12-10-21(11-13-22)15-17-6-4-3-5-7-17/h3-9,14H,10-13,15H2,1-2H3/p+1. The Morgan fingerprint density at radius 2 is 1.73 bits per heavy atom. The van der Waals surface area contributed by atoms with Gasteiger partial charge in [-0.25, -0.2) is 8.42 Å². The molecule has 0 aliphatic carbocycles. The third-order valence-electron chi connectivity index (χ3n) is 4.92. The van der Waals surface area contributed by atoms with Crippen LogP contribution in [0.5, 0.6) is 0 Å². The molecule has 26 heavy (non-hydrogen) atoms. The molecule has 0 spiro atoms. The summed E-state index contributed by atoms with van der Waals surface area (Å²) in [6, 6.07) is 15.1. The van der Waals surface area contributed by atoms with Crippen molar-refractivity contribution in [2.24, 2.45) is 0 Å². The minimum absolute atomic E-state index is 0.0771. The fraction of sp³-hybridized carbons (Fsp3) is 0.350. The second-order valence-corrected chi connectivity index (χ2v) is 8.97. The van der Waals surface area contributed by atoms with E-state index in [1.165, 1.54) is 16.5 Å². The molecule has 1 heterocycles. The van der Waals surface area contributed by atoms with Crippen LogP contribution in [0.2, 0.25) is 0 Å². The molecule has 1 amide bonds. The van der Waals surface area contributed by atoms with Crippen molar-refractivity contribution in [3.63, 3.8) is 0 Å². The molecule has 0 radical (unpaired) electrons. The second-order valence-electron chi connectivity index (χ2n) is 6.95. The number of sulfone groups is 1. The smallest absolute Gasteiger partial charge is 0.254 e. The normalized spacial score (nSPS) is 15.8. The molecular formula is C20H25N2O3S+. The average Bonchev–Trinajstić information content (AvgIpc) is 2.62. The summed E-state index contributed by atoms with van der Waals surface area (Å²) in [4.78, 5) is 16.4. The highest BCUT2D eigenvalue weighted by Crippen LogP contribution is 2.17. The van der Waals surface area contributed by atoms with Crippen LogP contribution in [0.3, 0.4) is 0 Å². The molecule has 1 saturated heterocycles. The summed E-state index contributed by atoms with van der Waals surface area (Å²) < 4.78 is 23.6. The molecule has 0 atom stereocenters. The minimum Gasteiger partial charge on any atom is -0.328 e. The van der Waals surface area contributed by atoms with Crippen LogP contribution >= 0.6 is 0 Å². The molecule has 2 aromatic rings. The molecule has 138 valence electrons. The number of hydrogen-bond donors (Lipinski definition) is 1. The summed E-state index contributed by atoms with van der Waals surface area (Å²) in [6.07, 6.45) is 1.16. The number of carbonyl (C=O) groups excluding carboxylic acids is 1. The van der Waals surface area contributed by atoms with Crippen LogP contribution in [-0.4, -0.2) is 51.7 Å². The molecule has 0 aromatic heterocycles. The molecule has 0 bridgehead atoms. The summed E-state index contributed by atoms with van der Waals surface area (Å²) in [7, 11) is -3.32. The van der Waals surface area contributed by atoms with E-state index in [0.717, 1.165) is 31.5 Å². The van der Waals surface area contributed by atoms with Gasteiger partial charge in [0.15, 0.2) is 9.84 Å². The Labute approximate surface area is 155 Å². The molecule has 1 aliphatic rings. The van der Waals surface area contributed by atoms with E-state index in [2.05, 4.69) is 12.1 Å². The van der Waals surface area contributed by atoms with E-state index in [9.17, 15) is 13.2 Å². The Kier molecular flexibility index (Phi) is 5.44. The van der Waals surface area contributed by atoms with Crippen LogP contribution in [-0.2, 0) is 16.4 Å². The van der Waals surface area contributed by atoms with Gasteiger partial charge < -0.3 is 9.80 Å². The maximum Gasteiger partial charge on any atom is 0.254 e. The first-order valence-corrected chi connectivity index (χ1v) is 10.7. The fourth-order valence-electron chi connectivity index (χ4n) is 3.32. The lowest BCUT2D eigenvalue weighted by Crippen LogP contribution is -3.13. The van der Waals surface area contributed by atoms with Gasteiger partial charge in [0, 0.05) is 17.4 Å². The molecule has 5 nitrogen and oxygen atoms in total. The molecular weight excluding hydrogens is 348 g/mol. The van der Waals surface area contributed by atoms with Gasteiger partial charge in [0.05, 0.1) is 31.1 Å².